The monoisotopic (exact) mass is 128 g/mol. The molecule has 0 atom stereocenters. The van der Waals surface area contributed by atoms with Gasteiger partial charge in [0.25, 0.3) is 0 Å². The Labute approximate surface area is 54.7 Å². The highest BCUT2D eigenvalue weighted by molar-refractivity contribution is 5.91. The van der Waals surface area contributed by atoms with E-state index in [4.69, 9.17) is 11.5 Å². The van der Waals surface area contributed by atoms with Crippen LogP contribution in [0.15, 0.2) is 11.6 Å². The lowest BCUT2D eigenvalue weighted by Crippen LogP contribution is -2.16. The van der Waals surface area contributed by atoms with Crippen LogP contribution in [0.25, 0.3) is 0 Å². The molecule has 0 bridgehead atoms. The zero-order valence-electron chi connectivity index (χ0n) is 5.55. The van der Waals surface area contributed by atoms with Crippen molar-refractivity contribution < 1.29 is 4.79 Å². The Morgan fingerprint density at radius 1 is 1.67 bits per heavy atom. The van der Waals surface area contributed by atoms with Crippen LogP contribution in [0.1, 0.15) is 13.3 Å². The molecule has 0 saturated carbocycles. The average Bonchev–Trinajstić information content (AvgIpc) is 1.82. The summed E-state index contributed by atoms with van der Waals surface area (Å²) in [6, 6.07) is 0. The van der Waals surface area contributed by atoms with Gasteiger partial charge in [-0.15, -0.1) is 0 Å². The number of hydrogen-bond donors (Lipinski definition) is 2. The van der Waals surface area contributed by atoms with Crippen LogP contribution in [0.5, 0.6) is 0 Å². The van der Waals surface area contributed by atoms with Crippen molar-refractivity contribution in [3.63, 3.8) is 0 Å². The van der Waals surface area contributed by atoms with E-state index in [1.165, 1.54) is 0 Å². The first kappa shape index (κ1) is 8.17. The number of nitrogens with two attached hydrogens (primary N) is 2. The highest BCUT2D eigenvalue weighted by Crippen LogP contribution is 1.96. The lowest BCUT2D eigenvalue weighted by molar-refractivity contribution is -0.114. The zero-order chi connectivity index (χ0) is 7.28. The molecule has 0 aliphatic rings. The fourth-order valence-corrected chi connectivity index (χ4v) is 0.565. The zero-order valence-corrected chi connectivity index (χ0v) is 5.55. The maximum absolute atomic E-state index is 10.4. The van der Waals surface area contributed by atoms with Crippen molar-refractivity contribution in [1.82, 2.24) is 0 Å². The number of hydrogen-bond acceptors (Lipinski definition) is 2. The molecule has 3 heteroatoms. The third kappa shape index (κ3) is 2.87. The highest BCUT2D eigenvalue weighted by Gasteiger charge is 1.99. The van der Waals surface area contributed by atoms with E-state index in [2.05, 4.69) is 0 Å². The Hall–Kier alpha value is -0.830. The van der Waals surface area contributed by atoms with Gasteiger partial charge in [-0.3, -0.25) is 4.79 Å². The number of amides is 1. The van der Waals surface area contributed by atoms with E-state index in [9.17, 15) is 4.79 Å². The van der Waals surface area contributed by atoms with Gasteiger partial charge in [0.05, 0.1) is 0 Å². The summed E-state index contributed by atoms with van der Waals surface area (Å²) in [5, 5.41) is 0. The molecule has 0 aliphatic carbocycles. The number of rotatable bonds is 3. The number of carbonyl (C=O) groups is 1. The van der Waals surface area contributed by atoms with E-state index in [1.54, 1.807) is 13.0 Å². The summed E-state index contributed by atoms with van der Waals surface area (Å²) in [7, 11) is 0. The molecule has 0 aromatic rings. The average molecular weight is 128 g/mol. The van der Waals surface area contributed by atoms with Gasteiger partial charge in [-0.05, 0) is 19.9 Å². The maximum atomic E-state index is 10.4. The molecule has 9 heavy (non-hydrogen) atoms. The molecule has 0 radical (unpaired) electrons. The molecular formula is C6H12N2O. The van der Waals surface area contributed by atoms with Gasteiger partial charge in [0.2, 0.25) is 5.91 Å². The Morgan fingerprint density at radius 2 is 2.22 bits per heavy atom. The third-order valence-corrected chi connectivity index (χ3v) is 1.08. The van der Waals surface area contributed by atoms with Gasteiger partial charge >= 0.3 is 0 Å². The second-order valence-corrected chi connectivity index (χ2v) is 1.72. The topological polar surface area (TPSA) is 69.1 Å². The molecule has 3 nitrogen and oxygen atoms in total. The molecule has 0 spiro atoms. The van der Waals surface area contributed by atoms with E-state index in [-0.39, 0.29) is 5.91 Å². The molecule has 4 N–H and O–H groups in total. The van der Waals surface area contributed by atoms with Crippen molar-refractivity contribution in [2.45, 2.75) is 13.3 Å². The third-order valence-electron chi connectivity index (χ3n) is 1.08. The summed E-state index contributed by atoms with van der Waals surface area (Å²) < 4.78 is 0. The summed E-state index contributed by atoms with van der Waals surface area (Å²) in [6.07, 6.45) is 2.26. The van der Waals surface area contributed by atoms with Crippen molar-refractivity contribution in [3.8, 4) is 0 Å². The SMILES string of the molecule is CC=C(CCN)C(N)=O. The first-order chi connectivity index (χ1) is 4.22. The standard InChI is InChI=1S/C6H12N2O/c1-2-5(3-4-7)6(8)9/h2H,3-4,7H2,1H3,(H2,8,9). The predicted octanol–water partition coefficient (Wildman–Crippen LogP) is -0.233. The molecule has 0 aromatic carbocycles. The quantitative estimate of drug-likeness (QED) is 0.515. The normalized spacial score (nSPS) is 11.6. The van der Waals surface area contributed by atoms with Crippen molar-refractivity contribution >= 4 is 5.91 Å². The van der Waals surface area contributed by atoms with Crippen molar-refractivity contribution in [2.75, 3.05) is 6.54 Å². The molecule has 0 aromatic heterocycles. The summed E-state index contributed by atoms with van der Waals surface area (Å²) in [5.74, 6) is -0.372. The summed E-state index contributed by atoms with van der Waals surface area (Å²) in [6.45, 7) is 2.25. The van der Waals surface area contributed by atoms with Crippen molar-refractivity contribution in [2.24, 2.45) is 11.5 Å². The molecule has 0 rings (SSSR count). The number of primary amides is 1. The Balaban J connectivity index is 3.85. The Morgan fingerprint density at radius 3 is 2.33 bits per heavy atom. The van der Waals surface area contributed by atoms with E-state index >= 15 is 0 Å². The van der Waals surface area contributed by atoms with Crippen LogP contribution in [-0.2, 0) is 4.79 Å². The predicted molar refractivity (Wildman–Crippen MR) is 36.6 cm³/mol. The molecule has 0 unspecified atom stereocenters. The van der Waals surface area contributed by atoms with Crippen LogP contribution in [0.2, 0.25) is 0 Å². The molecule has 0 fully saturated rings. The first-order valence-corrected chi connectivity index (χ1v) is 2.87. The largest absolute Gasteiger partial charge is 0.366 e. The van der Waals surface area contributed by atoms with Crippen molar-refractivity contribution in [3.05, 3.63) is 11.6 Å². The Kier molecular flexibility index (Phi) is 3.71. The highest BCUT2D eigenvalue weighted by atomic mass is 16.1. The van der Waals surface area contributed by atoms with Crippen LogP contribution in [0.3, 0.4) is 0 Å². The first-order valence-electron chi connectivity index (χ1n) is 2.87. The van der Waals surface area contributed by atoms with Crippen LogP contribution in [0, 0.1) is 0 Å². The van der Waals surface area contributed by atoms with Gasteiger partial charge in [-0.2, -0.15) is 0 Å². The van der Waals surface area contributed by atoms with Gasteiger partial charge in [0, 0.05) is 5.57 Å². The van der Waals surface area contributed by atoms with Gasteiger partial charge in [-0.25, -0.2) is 0 Å². The van der Waals surface area contributed by atoms with Crippen LogP contribution in [0.4, 0.5) is 0 Å². The molecule has 1 amide bonds. The minimum atomic E-state index is -0.372. The lowest BCUT2D eigenvalue weighted by atomic mass is 10.2. The number of carbonyl (C=O) groups excluding carboxylic acids is 1. The lowest BCUT2D eigenvalue weighted by Gasteiger charge is -1.96. The fraction of sp³-hybridized carbons (Fsp3) is 0.500. The molecule has 52 valence electrons. The van der Waals surface area contributed by atoms with Crippen LogP contribution in [-0.4, -0.2) is 12.5 Å². The molecule has 0 aliphatic heterocycles. The van der Waals surface area contributed by atoms with Crippen LogP contribution >= 0.6 is 0 Å². The van der Waals surface area contributed by atoms with E-state index in [0.717, 1.165) is 0 Å². The summed E-state index contributed by atoms with van der Waals surface area (Å²) >= 11 is 0. The van der Waals surface area contributed by atoms with Gasteiger partial charge < -0.3 is 11.5 Å². The summed E-state index contributed by atoms with van der Waals surface area (Å²) in [5.41, 5.74) is 10.8. The van der Waals surface area contributed by atoms with E-state index < -0.39 is 0 Å². The van der Waals surface area contributed by atoms with E-state index in [0.29, 0.717) is 18.5 Å². The fourth-order valence-electron chi connectivity index (χ4n) is 0.565. The molecule has 0 heterocycles. The van der Waals surface area contributed by atoms with Crippen LogP contribution < -0.4 is 11.5 Å². The Bertz CT molecular complexity index is 129. The van der Waals surface area contributed by atoms with Gasteiger partial charge in [0.1, 0.15) is 0 Å². The van der Waals surface area contributed by atoms with E-state index in [1.807, 2.05) is 0 Å². The second-order valence-electron chi connectivity index (χ2n) is 1.72. The molecule has 0 saturated heterocycles. The minimum absolute atomic E-state index is 0.372. The maximum Gasteiger partial charge on any atom is 0.244 e. The summed E-state index contributed by atoms with van der Waals surface area (Å²) in [4.78, 5) is 10.4. The second kappa shape index (κ2) is 4.09. The molecular weight excluding hydrogens is 116 g/mol. The van der Waals surface area contributed by atoms with Gasteiger partial charge in [-0.1, -0.05) is 6.08 Å². The smallest absolute Gasteiger partial charge is 0.244 e. The van der Waals surface area contributed by atoms with Gasteiger partial charge in [0.15, 0.2) is 0 Å². The minimum Gasteiger partial charge on any atom is -0.366 e. The van der Waals surface area contributed by atoms with Crippen molar-refractivity contribution in [1.29, 1.82) is 0 Å². The number of allylic oxidation sites excluding steroid dienone is 1.